The van der Waals surface area contributed by atoms with Crippen LogP contribution in [0.15, 0.2) is 30.3 Å². The zero-order chi connectivity index (χ0) is 21.8. The molecule has 1 heterocycles. The van der Waals surface area contributed by atoms with E-state index in [9.17, 15) is 14.4 Å². The van der Waals surface area contributed by atoms with Crippen molar-refractivity contribution in [3.63, 3.8) is 0 Å². The van der Waals surface area contributed by atoms with Gasteiger partial charge in [0.2, 0.25) is 11.8 Å². The number of nitrogens with two attached hydrogens (primary N) is 1. The first-order valence-corrected chi connectivity index (χ1v) is 10.1. The van der Waals surface area contributed by atoms with Gasteiger partial charge < -0.3 is 20.7 Å². The minimum atomic E-state index is -1.12. The Hall–Kier alpha value is -2.41. The monoisotopic (exact) mass is 403 g/mol. The number of likely N-dealkylation sites (tertiary alicyclic amines) is 1. The average molecular weight is 404 g/mol. The van der Waals surface area contributed by atoms with E-state index in [1.807, 2.05) is 30.3 Å². The SMILES string of the molecule is CC(C)(C)OC(=O)[C@H]1CCCN1C(=O)[C@H](Cc1ccccc1)NC(=O)C(C)(C)N. The molecule has 7 nitrogen and oxygen atoms in total. The van der Waals surface area contributed by atoms with Crippen LogP contribution in [-0.2, 0) is 25.5 Å². The first-order valence-electron chi connectivity index (χ1n) is 10.1. The predicted octanol–water partition coefficient (Wildman–Crippen LogP) is 1.78. The summed E-state index contributed by atoms with van der Waals surface area (Å²) in [5.74, 6) is -1.12. The van der Waals surface area contributed by atoms with Crippen LogP contribution in [-0.4, -0.2) is 52.5 Å². The summed E-state index contributed by atoms with van der Waals surface area (Å²) in [6.45, 7) is 9.03. The first-order chi connectivity index (χ1) is 13.4. The Balaban J connectivity index is 2.22. The van der Waals surface area contributed by atoms with E-state index in [1.54, 1.807) is 34.6 Å². The molecule has 1 aliphatic heterocycles. The molecule has 0 saturated carbocycles. The van der Waals surface area contributed by atoms with Gasteiger partial charge in [-0.2, -0.15) is 0 Å². The fourth-order valence-electron chi connectivity index (χ4n) is 3.24. The van der Waals surface area contributed by atoms with E-state index in [1.165, 1.54) is 4.90 Å². The number of hydrogen-bond acceptors (Lipinski definition) is 5. The molecule has 0 aromatic heterocycles. The zero-order valence-electron chi connectivity index (χ0n) is 18.0. The summed E-state index contributed by atoms with van der Waals surface area (Å²) < 4.78 is 5.50. The van der Waals surface area contributed by atoms with Crippen LogP contribution in [0, 0.1) is 0 Å². The summed E-state index contributed by atoms with van der Waals surface area (Å²) in [6.07, 6.45) is 1.58. The van der Waals surface area contributed by atoms with Crippen molar-refractivity contribution in [1.82, 2.24) is 10.2 Å². The Morgan fingerprint density at radius 3 is 2.34 bits per heavy atom. The van der Waals surface area contributed by atoms with Gasteiger partial charge in [0.05, 0.1) is 5.54 Å². The summed E-state index contributed by atoms with van der Waals surface area (Å²) >= 11 is 0. The van der Waals surface area contributed by atoms with Crippen LogP contribution < -0.4 is 11.1 Å². The molecular weight excluding hydrogens is 370 g/mol. The highest BCUT2D eigenvalue weighted by Gasteiger charge is 2.40. The highest BCUT2D eigenvalue weighted by molar-refractivity contribution is 5.93. The van der Waals surface area contributed by atoms with Crippen LogP contribution in [0.25, 0.3) is 0 Å². The molecule has 1 aliphatic rings. The van der Waals surface area contributed by atoms with Gasteiger partial charge in [-0.25, -0.2) is 4.79 Å². The van der Waals surface area contributed by atoms with Gasteiger partial charge in [0.1, 0.15) is 17.7 Å². The second-order valence-electron chi connectivity index (χ2n) is 9.16. The second kappa shape index (κ2) is 8.95. The molecule has 1 saturated heterocycles. The highest BCUT2D eigenvalue weighted by atomic mass is 16.6. The van der Waals surface area contributed by atoms with Crippen LogP contribution in [0.3, 0.4) is 0 Å². The van der Waals surface area contributed by atoms with E-state index in [0.29, 0.717) is 25.8 Å². The van der Waals surface area contributed by atoms with Gasteiger partial charge in [-0.15, -0.1) is 0 Å². The minimum Gasteiger partial charge on any atom is -0.458 e. The standard InChI is InChI=1S/C22H33N3O4/c1-21(2,3)29-19(27)17-12-9-13-25(17)18(26)16(24-20(28)22(4,5)23)14-15-10-7-6-8-11-15/h6-8,10-11,16-17H,9,12-14,23H2,1-5H3,(H,24,28)/t16-,17+/m0/s1. The molecule has 1 aromatic carbocycles. The normalized spacial score (nSPS) is 18.3. The van der Waals surface area contributed by atoms with Crippen molar-refractivity contribution in [3.05, 3.63) is 35.9 Å². The Morgan fingerprint density at radius 2 is 1.79 bits per heavy atom. The molecule has 0 spiro atoms. The smallest absolute Gasteiger partial charge is 0.329 e. The van der Waals surface area contributed by atoms with Gasteiger partial charge in [0.15, 0.2) is 0 Å². The van der Waals surface area contributed by atoms with E-state index in [-0.39, 0.29) is 5.91 Å². The summed E-state index contributed by atoms with van der Waals surface area (Å²) in [4.78, 5) is 40.0. The summed E-state index contributed by atoms with van der Waals surface area (Å²) in [6, 6.07) is 8.00. The van der Waals surface area contributed by atoms with Crippen LogP contribution in [0.2, 0.25) is 0 Å². The van der Waals surface area contributed by atoms with Gasteiger partial charge in [0.25, 0.3) is 0 Å². The van der Waals surface area contributed by atoms with Crippen molar-refractivity contribution in [3.8, 4) is 0 Å². The van der Waals surface area contributed by atoms with Crippen LogP contribution in [0.4, 0.5) is 0 Å². The molecule has 0 radical (unpaired) electrons. The van der Waals surface area contributed by atoms with Crippen LogP contribution in [0.1, 0.15) is 53.0 Å². The maximum absolute atomic E-state index is 13.4. The van der Waals surface area contributed by atoms with Gasteiger partial charge >= 0.3 is 5.97 Å². The molecule has 3 N–H and O–H groups in total. The highest BCUT2D eigenvalue weighted by Crippen LogP contribution is 2.23. The number of nitrogens with zero attached hydrogens (tertiary/aromatic N) is 1. The molecule has 160 valence electrons. The molecule has 1 fully saturated rings. The molecule has 2 amide bonds. The molecular formula is C22H33N3O4. The summed E-state index contributed by atoms with van der Waals surface area (Å²) in [7, 11) is 0. The largest absolute Gasteiger partial charge is 0.458 e. The number of hydrogen-bond donors (Lipinski definition) is 2. The van der Waals surface area contributed by atoms with Crippen molar-refractivity contribution >= 4 is 17.8 Å². The molecule has 29 heavy (non-hydrogen) atoms. The molecule has 2 atom stereocenters. The number of ether oxygens (including phenoxy) is 1. The fourth-order valence-corrected chi connectivity index (χ4v) is 3.24. The Kier molecular flexibility index (Phi) is 7.06. The van der Waals surface area contributed by atoms with Crippen molar-refractivity contribution in [2.24, 2.45) is 5.73 Å². The summed E-state index contributed by atoms with van der Waals surface area (Å²) in [5.41, 5.74) is 5.07. The number of rotatable bonds is 6. The second-order valence-corrected chi connectivity index (χ2v) is 9.16. The lowest BCUT2D eigenvalue weighted by Gasteiger charge is -2.31. The maximum Gasteiger partial charge on any atom is 0.329 e. The first kappa shape index (κ1) is 22.9. The number of benzene rings is 1. The van der Waals surface area contributed by atoms with Crippen molar-refractivity contribution in [2.45, 2.75) is 77.1 Å². The van der Waals surface area contributed by atoms with Crippen molar-refractivity contribution in [2.75, 3.05) is 6.54 Å². The molecule has 0 unspecified atom stereocenters. The topological polar surface area (TPSA) is 102 Å². The van der Waals surface area contributed by atoms with Gasteiger partial charge in [-0.1, -0.05) is 30.3 Å². The average Bonchev–Trinajstić information content (AvgIpc) is 3.09. The Labute approximate surface area is 173 Å². The number of carbonyl (C=O) groups is 3. The van der Waals surface area contributed by atoms with Crippen molar-refractivity contribution < 1.29 is 19.1 Å². The molecule has 0 aliphatic carbocycles. The third-order valence-corrected chi connectivity index (χ3v) is 4.69. The van der Waals surface area contributed by atoms with E-state index >= 15 is 0 Å². The maximum atomic E-state index is 13.4. The quantitative estimate of drug-likeness (QED) is 0.705. The van der Waals surface area contributed by atoms with E-state index in [2.05, 4.69) is 5.32 Å². The molecule has 2 rings (SSSR count). The van der Waals surface area contributed by atoms with Gasteiger partial charge in [-0.3, -0.25) is 9.59 Å². The Morgan fingerprint density at radius 1 is 1.17 bits per heavy atom. The fraction of sp³-hybridized carbons (Fsp3) is 0.591. The number of carbonyl (C=O) groups excluding carboxylic acids is 3. The van der Waals surface area contributed by atoms with E-state index < -0.39 is 35.1 Å². The Bertz CT molecular complexity index is 735. The van der Waals surface area contributed by atoms with E-state index in [0.717, 1.165) is 5.56 Å². The molecule has 7 heteroatoms. The molecule has 1 aromatic rings. The van der Waals surface area contributed by atoms with Gasteiger partial charge in [0, 0.05) is 13.0 Å². The lowest BCUT2D eigenvalue weighted by atomic mass is 10.0. The van der Waals surface area contributed by atoms with Crippen LogP contribution in [0.5, 0.6) is 0 Å². The van der Waals surface area contributed by atoms with E-state index in [4.69, 9.17) is 10.5 Å². The predicted molar refractivity (Wildman–Crippen MR) is 111 cm³/mol. The number of esters is 1. The lowest BCUT2D eigenvalue weighted by molar-refractivity contribution is -0.163. The molecule has 0 bridgehead atoms. The third-order valence-electron chi connectivity index (χ3n) is 4.69. The number of nitrogens with one attached hydrogen (secondary N) is 1. The number of amides is 2. The van der Waals surface area contributed by atoms with Crippen molar-refractivity contribution in [1.29, 1.82) is 0 Å². The minimum absolute atomic E-state index is 0.292. The third kappa shape index (κ3) is 6.56. The lowest BCUT2D eigenvalue weighted by Crippen LogP contribution is -2.58. The summed E-state index contributed by atoms with van der Waals surface area (Å²) in [5, 5.41) is 2.78. The van der Waals surface area contributed by atoms with Gasteiger partial charge in [-0.05, 0) is 53.0 Å². The van der Waals surface area contributed by atoms with Crippen LogP contribution >= 0.6 is 0 Å². The zero-order valence-corrected chi connectivity index (χ0v) is 18.0.